The highest BCUT2D eigenvalue weighted by atomic mass is 16.6. The van der Waals surface area contributed by atoms with Gasteiger partial charge in [-0.15, -0.1) is 0 Å². The van der Waals surface area contributed by atoms with Crippen LogP contribution in [0.2, 0.25) is 0 Å². The molecule has 0 radical (unpaired) electrons. The second-order valence-electron chi connectivity index (χ2n) is 6.70. The first-order valence-corrected chi connectivity index (χ1v) is 8.85. The Hall–Kier alpha value is -1.68. The molecule has 4 atom stereocenters. The third-order valence-electron chi connectivity index (χ3n) is 4.99. The first-order chi connectivity index (χ1) is 11.9. The molecule has 24 heavy (non-hydrogen) atoms. The van der Waals surface area contributed by atoms with E-state index in [-0.39, 0.29) is 24.4 Å². The van der Waals surface area contributed by atoms with E-state index in [1.54, 1.807) is 0 Å². The van der Waals surface area contributed by atoms with Crippen molar-refractivity contribution in [1.82, 2.24) is 0 Å². The van der Waals surface area contributed by atoms with Crippen LogP contribution >= 0.6 is 0 Å². The molecular weight excluding hydrogens is 300 g/mol. The molecule has 0 amide bonds. The molecule has 2 aliphatic rings. The molecule has 0 saturated carbocycles. The molecule has 126 valence electrons. The van der Waals surface area contributed by atoms with E-state index in [1.807, 2.05) is 36.4 Å². The normalized spacial score (nSPS) is 28.8. The Morgan fingerprint density at radius 2 is 1.17 bits per heavy atom. The number of fused-ring (bicyclic) bond motifs is 2. The minimum absolute atomic E-state index is 0.129. The SMILES string of the molecule is c1ccc(CO[C@H]2C[C@@H](OCc3ccccc3)[C@H]3CC[C@@H]2O3)cc1. The third-order valence-corrected chi connectivity index (χ3v) is 4.99. The Kier molecular flexibility index (Phi) is 4.93. The summed E-state index contributed by atoms with van der Waals surface area (Å²) in [7, 11) is 0. The van der Waals surface area contributed by atoms with E-state index in [2.05, 4.69) is 24.3 Å². The number of benzene rings is 2. The molecule has 2 aliphatic heterocycles. The van der Waals surface area contributed by atoms with Gasteiger partial charge in [-0.05, 0) is 24.0 Å². The fourth-order valence-electron chi connectivity index (χ4n) is 3.67. The fourth-order valence-corrected chi connectivity index (χ4v) is 3.67. The van der Waals surface area contributed by atoms with Gasteiger partial charge in [-0.3, -0.25) is 0 Å². The van der Waals surface area contributed by atoms with Crippen molar-refractivity contribution in [1.29, 1.82) is 0 Å². The maximum absolute atomic E-state index is 6.18. The Labute approximate surface area is 143 Å². The van der Waals surface area contributed by atoms with E-state index in [0.29, 0.717) is 13.2 Å². The largest absolute Gasteiger partial charge is 0.371 e. The Morgan fingerprint density at radius 3 is 1.62 bits per heavy atom. The monoisotopic (exact) mass is 324 g/mol. The first kappa shape index (κ1) is 15.8. The smallest absolute Gasteiger partial charge is 0.0867 e. The van der Waals surface area contributed by atoms with Gasteiger partial charge in [0.1, 0.15) is 0 Å². The molecule has 0 spiro atoms. The molecule has 3 nitrogen and oxygen atoms in total. The second kappa shape index (κ2) is 7.47. The molecule has 2 saturated heterocycles. The summed E-state index contributed by atoms with van der Waals surface area (Å²) in [5.74, 6) is 0. The molecule has 2 fully saturated rings. The van der Waals surface area contributed by atoms with Crippen LogP contribution in [0.3, 0.4) is 0 Å². The highest BCUT2D eigenvalue weighted by molar-refractivity contribution is 5.14. The molecule has 0 unspecified atom stereocenters. The van der Waals surface area contributed by atoms with Gasteiger partial charge in [-0.25, -0.2) is 0 Å². The molecular formula is C21H24O3. The van der Waals surface area contributed by atoms with Crippen molar-refractivity contribution >= 4 is 0 Å². The zero-order valence-corrected chi connectivity index (χ0v) is 13.8. The van der Waals surface area contributed by atoms with Crippen LogP contribution in [-0.2, 0) is 27.4 Å². The molecule has 2 bridgehead atoms. The summed E-state index contributed by atoms with van der Waals surface area (Å²) in [6.45, 7) is 1.28. The van der Waals surface area contributed by atoms with Gasteiger partial charge in [-0.1, -0.05) is 60.7 Å². The summed E-state index contributed by atoms with van der Waals surface area (Å²) < 4.78 is 18.5. The minimum Gasteiger partial charge on any atom is -0.371 e. The topological polar surface area (TPSA) is 27.7 Å². The average molecular weight is 324 g/mol. The minimum atomic E-state index is 0.129. The van der Waals surface area contributed by atoms with Crippen LogP contribution in [0.5, 0.6) is 0 Å². The second-order valence-corrected chi connectivity index (χ2v) is 6.70. The van der Waals surface area contributed by atoms with Gasteiger partial charge in [0.2, 0.25) is 0 Å². The molecule has 0 aliphatic carbocycles. The standard InChI is InChI=1S/C21H24O3/c1-3-7-16(8-4-1)14-22-20-13-21(19-12-11-18(20)24-19)23-15-17-9-5-2-6-10-17/h1-10,18-21H,11-15H2/t18-,19+,20-,21+. The van der Waals surface area contributed by atoms with E-state index in [4.69, 9.17) is 14.2 Å². The maximum Gasteiger partial charge on any atom is 0.0867 e. The van der Waals surface area contributed by atoms with Gasteiger partial charge < -0.3 is 14.2 Å². The van der Waals surface area contributed by atoms with Gasteiger partial charge in [0, 0.05) is 6.42 Å². The predicted molar refractivity (Wildman–Crippen MR) is 92.6 cm³/mol. The van der Waals surface area contributed by atoms with Crippen molar-refractivity contribution in [2.45, 2.75) is 56.9 Å². The molecule has 2 aromatic rings. The first-order valence-electron chi connectivity index (χ1n) is 8.85. The highest BCUT2D eigenvalue weighted by Gasteiger charge is 2.43. The van der Waals surface area contributed by atoms with E-state index in [1.165, 1.54) is 11.1 Å². The van der Waals surface area contributed by atoms with Gasteiger partial charge in [0.25, 0.3) is 0 Å². The predicted octanol–water partition coefficient (Wildman–Crippen LogP) is 4.11. The number of hydrogen-bond donors (Lipinski definition) is 0. The quantitative estimate of drug-likeness (QED) is 0.800. The number of ether oxygens (including phenoxy) is 3. The molecule has 4 rings (SSSR count). The average Bonchev–Trinajstić information content (AvgIpc) is 3.07. The van der Waals surface area contributed by atoms with Crippen LogP contribution in [0.4, 0.5) is 0 Å². The van der Waals surface area contributed by atoms with Crippen LogP contribution in [0, 0.1) is 0 Å². The van der Waals surface area contributed by atoms with E-state index in [9.17, 15) is 0 Å². The van der Waals surface area contributed by atoms with Crippen LogP contribution < -0.4 is 0 Å². The van der Waals surface area contributed by atoms with E-state index < -0.39 is 0 Å². The number of rotatable bonds is 6. The van der Waals surface area contributed by atoms with E-state index in [0.717, 1.165) is 19.3 Å². The third kappa shape index (κ3) is 3.69. The summed E-state index contributed by atoms with van der Waals surface area (Å²) >= 11 is 0. The van der Waals surface area contributed by atoms with Crippen LogP contribution in [0.1, 0.15) is 30.4 Å². The fraction of sp³-hybridized carbons (Fsp3) is 0.429. The summed E-state index contributed by atoms with van der Waals surface area (Å²) in [6.07, 6.45) is 3.81. The lowest BCUT2D eigenvalue weighted by Gasteiger charge is -2.35. The Balaban J connectivity index is 1.34. The van der Waals surface area contributed by atoms with E-state index >= 15 is 0 Å². The maximum atomic E-state index is 6.18. The van der Waals surface area contributed by atoms with Crippen molar-refractivity contribution in [3.63, 3.8) is 0 Å². The van der Waals surface area contributed by atoms with Gasteiger partial charge in [0.15, 0.2) is 0 Å². The molecule has 2 aromatic carbocycles. The zero-order chi connectivity index (χ0) is 16.2. The lowest BCUT2D eigenvalue weighted by atomic mass is 10.0. The van der Waals surface area contributed by atoms with Crippen molar-refractivity contribution < 1.29 is 14.2 Å². The van der Waals surface area contributed by atoms with Crippen molar-refractivity contribution in [3.05, 3.63) is 71.8 Å². The summed E-state index contributed by atoms with van der Waals surface area (Å²) in [5, 5.41) is 0. The van der Waals surface area contributed by atoms with Crippen LogP contribution in [-0.4, -0.2) is 24.4 Å². The van der Waals surface area contributed by atoms with Crippen molar-refractivity contribution in [2.75, 3.05) is 0 Å². The van der Waals surface area contributed by atoms with Gasteiger partial charge in [-0.2, -0.15) is 0 Å². The van der Waals surface area contributed by atoms with Crippen molar-refractivity contribution in [2.24, 2.45) is 0 Å². The molecule has 3 heteroatoms. The molecule has 0 aromatic heterocycles. The summed E-state index contributed by atoms with van der Waals surface area (Å²) in [5.41, 5.74) is 2.42. The van der Waals surface area contributed by atoms with Crippen molar-refractivity contribution in [3.8, 4) is 0 Å². The summed E-state index contributed by atoms with van der Waals surface area (Å²) in [4.78, 5) is 0. The molecule has 2 heterocycles. The van der Waals surface area contributed by atoms with Crippen LogP contribution in [0.15, 0.2) is 60.7 Å². The van der Waals surface area contributed by atoms with Crippen LogP contribution in [0.25, 0.3) is 0 Å². The zero-order valence-electron chi connectivity index (χ0n) is 13.8. The van der Waals surface area contributed by atoms with Gasteiger partial charge >= 0.3 is 0 Å². The highest BCUT2D eigenvalue weighted by Crippen LogP contribution is 2.36. The Bertz CT molecular complexity index is 573. The van der Waals surface area contributed by atoms with Gasteiger partial charge in [0.05, 0.1) is 37.6 Å². The lowest BCUT2D eigenvalue weighted by molar-refractivity contribution is -0.172. The molecule has 0 N–H and O–H groups in total. The summed E-state index contributed by atoms with van der Waals surface area (Å²) in [6, 6.07) is 20.7. The lowest BCUT2D eigenvalue weighted by Crippen LogP contribution is -2.43. The number of hydrogen-bond acceptors (Lipinski definition) is 3. The Morgan fingerprint density at radius 1 is 0.708 bits per heavy atom.